The summed E-state index contributed by atoms with van der Waals surface area (Å²) in [7, 11) is 1.83. The smallest absolute Gasteiger partial charge is 0.248 e. The maximum absolute atomic E-state index is 12.2. The second-order valence-electron chi connectivity index (χ2n) is 5.68. The largest absolute Gasteiger partial charge is 0.455 e. The molecule has 5 heteroatoms. The molecule has 3 aromatic rings. The van der Waals surface area contributed by atoms with E-state index in [-0.39, 0.29) is 5.91 Å². The van der Waals surface area contributed by atoms with Gasteiger partial charge in [-0.1, -0.05) is 29.8 Å². The zero-order valence-corrected chi connectivity index (χ0v) is 14.1. The fourth-order valence-electron chi connectivity index (χ4n) is 2.26. The Morgan fingerprint density at radius 3 is 2.64 bits per heavy atom. The summed E-state index contributed by atoms with van der Waals surface area (Å²) in [6, 6.07) is 15.1. The number of hydrogen-bond acceptors (Lipinski definition) is 3. The number of nitrogens with one attached hydrogen (secondary N) is 1. The second kappa shape index (κ2) is 7.49. The van der Waals surface area contributed by atoms with E-state index < -0.39 is 0 Å². The van der Waals surface area contributed by atoms with Crippen LogP contribution in [0, 0.1) is 6.92 Å². The van der Waals surface area contributed by atoms with Crippen LogP contribution in [0.15, 0.2) is 67.0 Å². The van der Waals surface area contributed by atoms with Gasteiger partial charge in [-0.2, -0.15) is 5.10 Å². The number of carbonyl (C=O) groups is 1. The highest BCUT2D eigenvalue weighted by atomic mass is 16.5. The maximum atomic E-state index is 12.2. The molecule has 0 atom stereocenters. The SMILES string of the molecule is Cc1ccc(Oc2ccccc2NC(=O)/C=C/c2cnn(C)c2)cc1. The highest BCUT2D eigenvalue weighted by Crippen LogP contribution is 2.29. The molecule has 0 fully saturated rings. The Morgan fingerprint density at radius 2 is 1.92 bits per heavy atom. The molecule has 0 saturated carbocycles. The minimum absolute atomic E-state index is 0.233. The lowest BCUT2D eigenvalue weighted by atomic mass is 10.2. The molecule has 1 heterocycles. The fourth-order valence-corrected chi connectivity index (χ4v) is 2.26. The van der Waals surface area contributed by atoms with Crippen molar-refractivity contribution in [3.8, 4) is 11.5 Å². The van der Waals surface area contributed by atoms with E-state index in [1.807, 2.05) is 62.6 Å². The number of carbonyl (C=O) groups excluding carboxylic acids is 1. The van der Waals surface area contributed by atoms with E-state index in [1.165, 1.54) is 6.08 Å². The quantitative estimate of drug-likeness (QED) is 0.713. The number of hydrogen-bond donors (Lipinski definition) is 1. The summed E-state index contributed by atoms with van der Waals surface area (Å²) in [6.07, 6.45) is 6.71. The molecular weight excluding hydrogens is 314 g/mol. The third-order valence-corrected chi connectivity index (χ3v) is 3.55. The van der Waals surface area contributed by atoms with Crippen LogP contribution in [0.2, 0.25) is 0 Å². The first kappa shape index (κ1) is 16.5. The minimum Gasteiger partial charge on any atom is -0.455 e. The normalized spacial score (nSPS) is 10.8. The summed E-state index contributed by atoms with van der Waals surface area (Å²) >= 11 is 0. The summed E-state index contributed by atoms with van der Waals surface area (Å²) in [6.45, 7) is 2.02. The Hall–Kier alpha value is -3.34. The van der Waals surface area contributed by atoms with Gasteiger partial charge in [-0.25, -0.2) is 0 Å². The molecule has 1 amide bonds. The molecule has 0 saturated heterocycles. The summed E-state index contributed by atoms with van der Waals surface area (Å²) in [5.41, 5.74) is 2.64. The molecule has 0 aliphatic heterocycles. The van der Waals surface area contributed by atoms with Crippen molar-refractivity contribution in [1.82, 2.24) is 9.78 Å². The number of amides is 1. The molecule has 1 N–H and O–H groups in total. The Labute approximate surface area is 146 Å². The Morgan fingerprint density at radius 1 is 1.16 bits per heavy atom. The zero-order valence-electron chi connectivity index (χ0n) is 14.1. The molecule has 5 nitrogen and oxygen atoms in total. The van der Waals surface area contributed by atoms with Gasteiger partial charge in [-0.3, -0.25) is 9.48 Å². The van der Waals surface area contributed by atoms with Crippen LogP contribution in [-0.2, 0) is 11.8 Å². The van der Waals surface area contributed by atoms with Gasteiger partial charge in [-0.15, -0.1) is 0 Å². The van der Waals surface area contributed by atoms with Crippen molar-refractivity contribution in [3.63, 3.8) is 0 Å². The molecule has 25 heavy (non-hydrogen) atoms. The first-order valence-corrected chi connectivity index (χ1v) is 7.91. The molecule has 3 rings (SSSR count). The van der Waals surface area contributed by atoms with Gasteiger partial charge in [0.2, 0.25) is 5.91 Å². The first-order valence-electron chi connectivity index (χ1n) is 7.91. The number of benzene rings is 2. The van der Waals surface area contributed by atoms with E-state index in [1.54, 1.807) is 23.0 Å². The lowest BCUT2D eigenvalue weighted by Crippen LogP contribution is -2.08. The van der Waals surface area contributed by atoms with Gasteiger partial charge >= 0.3 is 0 Å². The van der Waals surface area contributed by atoms with Crippen molar-refractivity contribution >= 4 is 17.7 Å². The van der Waals surface area contributed by atoms with Crippen molar-refractivity contribution in [2.75, 3.05) is 5.32 Å². The minimum atomic E-state index is -0.233. The number of aryl methyl sites for hydroxylation is 2. The van der Waals surface area contributed by atoms with Crippen molar-refractivity contribution in [2.45, 2.75) is 6.92 Å². The van der Waals surface area contributed by atoms with Gasteiger partial charge in [0.15, 0.2) is 5.75 Å². The predicted octanol–water partition coefficient (Wildman–Crippen LogP) is 4.17. The molecule has 1 aromatic heterocycles. The number of rotatable bonds is 5. The first-order chi connectivity index (χ1) is 12.1. The molecule has 0 aliphatic rings. The topological polar surface area (TPSA) is 56.1 Å². The number of para-hydroxylation sites is 2. The molecule has 126 valence electrons. The fraction of sp³-hybridized carbons (Fsp3) is 0.100. The van der Waals surface area contributed by atoms with E-state index in [0.717, 1.165) is 16.9 Å². The van der Waals surface area contributed by atoms with Crippen LogP contribution in [0.4, 0.5) is 5.69 Å². The van der Waals surface area contributed by atoms with Crippen LogP contribution < -0.4 is 10.1 Å². The van der Waals surface area contributed by atoms with Crippen LogP contribution in [0.25, 0.3) is 6.08 Å². The van der Waals surface area contributed by atoms with Crippen molar-refractivity contribution in [3.05, 3.63) is 78.1 Å². The van der Waals surface area contributed by atoms with Gasteiger partial charge in [0.1, 0.15) is 5.75 Å². The average Bonchev–Trinajstić information content (AvgIpc) is 3.02. The van der Waals surface area contributed by atoms with Crippen LogP contribution >= 0.6 is 0 Å². The monoisotopic (exact) mass is 333 g/mol. The standard InChI is InChI=1S/C20H19N3O2/c1-15-7-10-17(11-8-15)25-19-6-4-3-5-18(19)22-20(24)12-9-16-13-21-23(2)14-16/h3-14H,1-2H3,(H,22,24)/b12-9+. The lowest BCUT2D eigenvalue weighted by molar-refractivity contribution is -0.111. The Balaban J connectivity index is 1.70. The zero-order chi connectivity index (χ0) is 17.6. The van der Waals surface area contributed by atoms with Crippen LogP contribution in [0.3, 0.4) is 0 Å². The van der Waals surface area contributed by atoms with Crippen molar-refractivity contribution in [2.24, 2.45) is 7.05 Å². The Kier molecular flexibility index (Phi) is 4.95. The molecule has 2 aromatic carbocycles. The van der Waals surface area contributed by atoms with E-state index >= 15 is 0 Å². The molecule has 0 aliphatic carbocycles. The molecule has 0 unspecified atom stereocenters. The van der Waals surface area contributed by atoms with E-state index in [2.05, 4.69) is 10.4 Å². The number of ether oxygens (including phenoxy) is 1. The lowest BCUT2D eigenvalue weighted by Gasteiger charge is -2.11. The van der Waals surface area contributed by atoms with Gasteiger partial charge in [-0.05, 0) is 37.3 Å². The molecular formula is C20H19N3O2. The van der Waals surface area contributed by atoms with E-state index in [0.29, 0.717) is 11.4 Å². The number of nitrogens with zero attached hydrogens (tertiary/aromatic N) is 2. The molecule has 0 bridgehead atoms. The number of anilines is 1. The van der Waals surface area contributed by atoms with E-state index in [4.69, 9.17) is 4.74 Å². The van der Waals surface area contributed by atoms with Crippen LogP contribution in [-0.4, -0.2) is 15.7 Å². The third kappa shape index (κ3) is 4.57. The van der Waals surface area contributed by atoms with Gasteiger partial charge in [0.05, 0.1) is 11.9 Å². The van der Waals surface area contributed by atoms with Crippen molar-refractivity contribution < 1.29 is 9.53 Å². The molecule has 0 radical (unpaired) electrons. The summed E-state index contributed by atoms with van der Waals surface area (Å²) < 4.78 is 7.56. The highest BCUT2D eigenvalue weighted by molar-refractivity contribution is 6.02. The summed E-state index contributed by atoms with van der Waals surface area (Å²) in [5.74, 6) is 1.08. The molecule has 0 spiro atoms. The van der Waals surface area contributed by atoms with Gasteiger partial charge < -0.3 is 10.1 Å². The second-order valence-corrected chi connectivity index (χ2v) is 5.68. The van der Waals surface area contributed by atoms with Crippen molar-refractivity contribution in [1.29, 1.82) is 0 Å². The summed E-state index contributed by atoms with van der Waals surface area (Å²) in [4.78, 5) is 12.2. The Bertz CT molecular complexity index is 895. The number of aromatic nitrogens is 2. The average molecular weight is 333 g/mol. The predicted molar refractivity (Wildman–Crippen MR) is 98.6 cm³/mol. The van der Waals surface area contributed by atoms with Crippen LogP contribution in [0.5, 0.6) is 11.5 Å². The van der Waals surface area contributed by atoms with E-state index in [9.17, 15) is 4.79 Å². The van der Waals surface area contributed by atoms with Gasteiger partial charge in [0, 0.05) is 24.9 Å². The third-order valence-electron chi connectivity index (χ3n) is 3.55. The highest BCUT2D eigenvalue weighted by Gasteiger charge is 2.07. The van der Waals surface area contributed by atoms with Gasteiger partial charge in [0.25, 0.3) is 0 Å². The summed E-state index contributed by atoms with van der Waals surface area (Å²) in [5, 5.41) is 6.90. The maximum Gasteiger partial charge on any atom is 0.248 e. The van der Waals surface area contributed by atoms with Crippen LogP contribution in [0.1, 0.15) is 11.1 Å².